The molecule has 0 bridgehead atoms. The van der Waals surface area contributed by atoms with Gasteiger partial charge in [0.15, 0.2) is 12.4 Å². The highest BCUT2D eigenvalue weighted by molar-refractivity contribution is 5.70. The van der Waals surface area contributed by atoms with E-state index in [2.05, 4.69) is 13.8 Å². The first-order valence-corrected chi connectivity index (χ1v) is 16.1. The Kier molecular flexibility index (Phi) is 22.2. The number of hydrogen-bond donors (Lipinski definition) is 4. The number of aliphatic hydroxyl groups excluding tert-OH is 4. The lowest BCUT2D eigenvalue weighted by Crippen LogP contribution is -2.59. The van der Waals surface area contributed by atoms with E-state index >= 15 is 0 Å². The van der Waals surface area contributed by atoms with E-state index in [1.54, 1.807) is 0 Å². The fraction of sp³-hybridized carbons (Fsp3) is 0.935. The highest BCUT2D eigenvalue weighted by Gasteiger charge is 2.44. The second-order valence-electron chi connectivity index (χ2n) is 11.3. The van der Waals surface area contributed by atoms with Gasteiger partial charge >= 0.3 is 11.9 Å². The van der Waals surface area contributed by atoms with Crippen LogP contribution in [0.25, 0.3) is 0 Å². The summed E-state index contributed by atoms with van der Waals surface area (Å²) in [4.78, 5) is 24.8. The van der Waals surface area contributed by atoms with Gasteiger partial charge in [0.2, 0.25) is 0 Å². The van der Waals surface area contributed by atoms with Gasteiger partial charge < -0.3 is 39.4 Å². The number of ether oxygens (including phenoxy) is 4. The van der Waals surface area contributed by atoms with Crippen molar-refractivity contribution in [3.05, 3.63) is 0 Å². The third kappa shape index (κ3) is 17.4. The fourth-order valence-corrected chi connectivity index (χ4v) is 4.83. The molecule has 6 atom stereocenters. The minimum Gasteiger partial charge on any atom is -0.462 e. The summed E-state index contributed by atoms with van der Waals surface area (Å²) in [6.07, 6.45) is 10.1. The van der Waals surface area contributed by atoms with Gasteiger partial charge in [-0.25, -0.2) is 0 Å². The summed E-state index contributed by atoms with van der Waals surface area (Å²) < 4.78 is 21.8. The van der Waals surface area contributed by atoms with Crippen LogP contribution in [0.1, 0.15) is 129 Å². The number of rotatable bonds is 25. The maximum atomic E-state index is 12.5. The number of esters is 2. The number of unbranched alkanes of at least 4 members (excludes halogenated alkanes) is 14. The van der Waals surface area contributed by atoms with Crippen molar-refractivity contribution in [3.8, 4) is 0 Å². The van der Waals surface area contributed by atoms with E-state index in [0.717, 1.165) is 38.5 Å². The van der Waals surface area contributed by atoms with Crippen LogP contribution in [0.2, 0.25) is 0 Å². The van der Waals surface area contributed by atoms with Crippen LogP contribution < -0.4 is 0 Å². The summed E-state index contributed by atoms with van der Waals surface area (Å²) in [6.45, 7) is 3.31. The normalized spacial score (nSPS) is 23.3. The van der Waals surface area contributed by atoms with Gasteiger partial charge in [-0.05, 0) is 12.8 Å². The maximum absolute atomic E-state index is 12.5. The average Bonchev–Trinajstić information content (AvgIpc) is 2.96. The SMILES string of the molecule is CCCCCCCCCCCC(=O)OC[C@H](CO[C@@H]1O[C@H](CO)[C@H](O)C(O)C1O)OC(=O)CCCCCCCCC. The Morgan fingerprint density at radius 1 is 0.659 bits per heavy atom. The van der Waals surface area contributed by atoms with Crippen molar-refractivity contribution in [1.82, 2.24) is 0 Å². The molecule has 0 aliphatic carbocycles. The van der Waals surface area contributed by atoms with Crippen LogP contribution in [0.5, 0.6) is 0 Å². The highest BCUT2D eigenvalue weighted by atomic mass is 16.7. The highest BCUT2D eigenvalue weighted by Crippen LogP contribution is 2.22. The largest absolute Gasteiger partial charge is 0.462 e. The molecule has 1 aliphatic heterocycles. The maximum Gasteiger partial charge on any atom is 0.306 e. The van der Waals surface area contributed by atoms with Crippen LogP contribution in [-0.2, 0) is 28.5 Å². The lowest BCUT2D eigenvalue weighted by Gasteiger charge is -2.39. The van der Waals surface area contributed by atoms with Crippen molar-refractivity contribution in [2.75, 3.05) is 19.8 Å². The number of carbonyl (C=O) groups excluding carboxylic acids is 2. The van der Waals surface area contributed by atoms with E-state index in [-0.39, 0.29) is 32.0 Å². The van der Waals surface area contributed by atoms with Gasteiger partial charge in [-0.3, -0.25) is 9.59 Å². The number of carbonyl (C=O) groups is 2. The third-order valence-corrected chi connectivity index (χ3v) is 7.49. The molecular formula is C31H58O10. The summed E-state index contributed by atoms with van der Waals surface area (Å²) in [5, 5.41) is 39.6. The molecule has 242 valence electrons. The zero-order chi connectivity index (χ0) is 30.3. The van der Waals surface area contributed by atoms with E-state index in [9.17, 15) is 30.0 Å². The van der Waals surface area contributed by atoms with Gasteiger partial charge in [0.25, 0.3) is 0 Å². The van der Waals surface area contributed by atoms with Crippen LogP contribution in [0.4, 0.5) is 0 Å². The van der Waals surface area contributed by atoms with Crippen LogP contribution in [-0.4, -0.2) is 89.0 Å². The molecule has 0 amide bonds. The summed E-state index contributed by atoms with van der Waals surface area (Å²) >= 11 is 0. The first-order chi connectivity index (χ1) is 19.8. The van der Waals surface area contributed by atoms with E-state index in [4.69, 9.17) is 18.9 Å². The molecular weight excluding hydrogens is 532 g/mol. The monoisotopic (exact) mass is 590 g/mol. The molecule has 0 radical (unpaired) electrons. The van der Waals surface area contributed by atoms with Gasteiger partial charge in [0, 0.05) is 12.8 Å². The molecule has 1 rings (SSSR count). The van der Waals surface area contributed by atoms with Crippen molar-refractivity contribution < 1.29 is 49.0 Å². The van der Waals surface area contributed by atoms with E-state index in [1.165, 1.54) is 57.8 Å². The standard InChI is InChI=1S/C31H58O10/c1-3-5-7-9-11-12-14-15-17-19-26(33)38-22-24(40-27(34)20-18-16-13-10-8-6-4-2)23-39-31-30(37)29(36)28(35)25(21-32)41-31/h24-25,28-32,35-37H,3-23H2,1-2H3/t24-,25-,28+,29?,30?,31-/m1/s1. The zero-order valence-corrected chi connectivity index (χ0v) is 25.6. The van der Waals surface area contributed by atoms with Crippen molar-refractivity contribution in [1.29, 1.82) is 0 Å². The predicted molar refractivity (Wildman–Crippen MR) is 155 cm³/mol. The molecule has 10 nitrogen and oxygen atoms in total. The van der Waals surface area contributed by atoms with E-state index in [1.807, 2.05) is 0 Å². The smallest absolute Gasteiger partial charge is 0.306 e. The van der Waals surface area contributed by atoms with Gasteiger partial charge in [-0.1, -0.05) is 104 Å². The summed E-state index contributed by atoms with van der Waals surface area (Å²) in [5.74, 6) is -0.815. The summed E-state index contributed by atoms with van der Waals surface area (Å²) in [6, 6.07) is 0. The van der Waals surface area contributed by atoms with Crippen molar-refractivity contribution >= 4 is 11.9 Å². The second-order valence-corrected chi connectivity index (χ2v) is 11.3. The lowest BCUT2D eigenvalue weighted by molar-refractivity contribution is -0.305. The van der Waals surface area contributed by atoms with Crippen molar-refractivity contribution in [2.45, 2.75) is 166 Å². The van der Waals surface area contributed by atoms with Crippen molar-refractivity contribution in [3.63, 3.8) is 0 Å². The molecule has 4 N–H and O–H groups in total. The van der Waals surface area contributed by atoms with Crippen molar-refractivity contribution in [2.24, 2.45) is 0 Å². The molecule has 2 unspecified atom stereocenters. The first kappa shape index (κ1) is 37.7. The van der Waals surface area contributed by atoms with Gasteiger partial charge in [0.1, 0.15) is 31.0 Å². The molecule has 0 aromatic heterocycles. The Labute approximate surface area is 247 Å². The van der Waals surface area contributed by atoms with Crippen LogP contribution >= 0.6 is 0 Å². The van der Waals surface area contributed by atoms with Crippen LogP contribution in [0.15, 0.2) is 0 Å². The predicted octanol–water partition coefficient (Wildman–Crippen LogP) is 4.32. The van der Waals surface area contributed by atoms with E-state index in [0.29, 0.717) is 6.42 Å². The second kappa shape index (κ2) is 24.2. The molecule has 0 spiro atoms. The average molecular weight is 591 g/mol. The minimum atomic E-state index is -1.58. The molecule has 1 heterocycles. The number of aliphatic hydroxyl groups is 4. The molecule has 10 heteroatoms. The Balaban J connectivity index is 2.48. The van der Waals surface area contributed by atoms with E-state index < -0.39 is 49.4 Å². The number of hydrogen-bond acceptors (Lipinski definition) is 10. The molecule has 1 fully saturated rings. The molecule has 41 heavy (non-hydrogen) atoms. The quantitative estimate of drug-likeness (QED) is 0.0893. The summed E-state index contributed by atoms with van der Waals surface area (Å²) in [5.41, 5.74) is 0. The molecule has 1 saturated heterocycles. The van der Waals surface area contributed by atoms with Gasteiger partial charge in [-0.15, -0.1) is 0 Å². The summed E-state index contributed by atoms with van der Waals surface area (Å²) in [7, 11) is 0. The topological polar surface area (TPSA) is 152 Å². The molecule has 0 aromatic carbocycles. The molecule has 0 saturated carbocycles. The van der Waals surface area contributed by atoms with Crippen LogP contribution in [0.3, 0.4) is 0 Å². The van der Waals surface area contributed by atoms with Crippen LogP contribution in [0, 0.1) is 0 Å². The zero-order valence-electron chi connectivity index (χ0n) is 25.6. The Bertz CT molecular complexity index is 659. The molecule has 0 aromatic rings. The lowest BCUT2D eigenvalue weighted by atomic mass is 9.99. The van der Waals surface area contributed by atoms with Gasteiger partial charge in [0.05, 0.1) is 13.2 Å². The van der Waals surface area contributed by atoms with Gasteiger partial charge in [-0.2, -0.15) is 0 Å². The Morgan fingerprint density at radius 2 is 1.15 bits per heavy atom. The third-order valence-electron chi connectivity index (χ3n) is 7.49. The Morgan fingerprint density at radius 3 is 1.66 bits per heavy atom. The first-order valence-electron chi connectivity index (χ1n) is 16.1. The molecule has 1 aliphatic rings. The fourth-order valence-electron chi connectivity index (χ4n) is 4.83. The Hall–Kier alpha value is -1.30. The minimum absolute atomic E-state index is 0.212.